The van der Waals surface area contributed by atoms with Gasteiger partial charge in [0.15, 0.2) is 11.6 Å². The number of rotatable bonds is 9. The molecule has 0 bridgehead atoms. The van der Waals surface area contributed by atoms with Crippen LogP contribution < -0.4 is 19.7 Å². The van der Waals surface area contributed by atoms with Gasteiger partial charge in [0.2, 0.25) is 5.95 Å². The number of nitrogens with zero attached hydrogens (tertiary/aromatic N) is 4. The maximum Gasteiger partial charge on any atom is 0.223 e. The van der Waals surface area contributed by atoms with Crippen LogP contribution >= 0.6 is 23.2 Å². The van der Waals surface area contributed by atoms with Crippen molar-refractivity contribution in [3.63, 3.8) is 0 Å². The first-order valence-electron chi connectivity index (χ1n) is 12.9. The minimum Gasteiger partial charge on any atom is -0.495 e. The Hall–Kier alpha value is -3.18. The molecule has 1 spiro atoms. The van der Waals surface area contributed by atoms with E-state index in [1.807, 2.05) is 6.07 Å². The molecule has 1 N–H and O–H groups in total. The molecule has 0 unspecified atom stereocenters. The van der Waals surface area contributed by atoms with Gasteiger partial charge in [-0.15, -0.1) is 0 Å². The summed E-state index contributed by atoms with van der Waals surface area (Å²) >= 11 is 13.5. The van der Waals surface area contributed by atoms with E-state index in [-0.39, 0.29) is 23.2 Å². The molecule has 0 saturated carbocycles. The quantitative estimate of drug-likeness (QED) is 0.362. The number of nitrogens with one attached hydrogen (secondary N) is 1. The van der Waals surface area contributed by atoms with Crippen LogP contribution in [0, 0.1) is 11.3 Å². The SMILES string of the molecule is C=CC(=O)C[C@H]1COC[C@H]1Nc1ncc2cc(-c3c(Cl)c(OC)cc(OC)c3Cl)nc(N3CC4(COC4)C3)c2n1. The minimum atomic E-state index is -0.0988. The van der Waals surface area contributed by atoms with Gasteiger partial charge in [0.1, 0.15) is 17.0 Å². The first kappa shape index (κ1) is 27.0. The fourth-order valence-electron chi connectivity index (χ4n) is 5.50. The Balaban J connectivity index is 1.41. The largest absolute Gasteiger partial charge is 0.495 e. The lowest BCUT2D eigenvalue weighted by atomic mass is 9.78. The maximum absolute atomic E-state index is 12.0. The van der Waals surface area contributed by atoms with Gasteiger partial charge in [0.05, 0.1) is 67.8 Å². The van der Waals surface area contributed by atoms with Gasteiger partial charge in [-0.05, 0) is 12.1 Å². The summed E-state index contributed by atoms with van der Waals surface area (Å²) in [5.41, 5.74) is 1.90. The highest BCUT2D eigenvalue weighted by Gasteiger charge is 2.50. The summed E-state index contributed by atoms with van der Waals surface area (Å²) in [5, 5.41) is 4.81. The number of hydrogen-bond acceptors (Lipinski definition) is 10. The molecule has 1 aromatic carbocycles. The number of anilines is 2. The molecule has 2 atom stereocenters. The van der Waals surface area contributed by atoms with Gasteiger partial charge in [0, 0.05) is 48.6 Å². The van der Waals surface area contributed by atoms with E-state index in [4.69, 9.17) is 52.1 Å². The van der Waals surface area contributed by atoms with Gasteiger partial charge >= 0.3 is 0 Å². The summed E-state index contributed by atoms with van der Waals surface area (Å²) < 4.78 is 22.1. The zero-order chi connectivity index (χ0) is 28.0. The van der Waals surface area contributed by atoms with Crippen molar-refractivity contribution in [2.75, 3.05) is 64.0 Å². The third-order valence-electron chi connectivity index (χ3n) is 7.75. The van der Waals surface area contributed by atoms with E-state index in [9.17, 15) is 4.79 Å². The van der Waals surface area contributed by atoms with Crippen LogP contribution in [-0.2, 0) is 14.3 Å². The molecule has 3 saturated heterocycles. The summed E-state index contributed by atoms with van der Waals surface area (Å²) in [4.78, 5) is 28.7. The Morgan fingerprint density at radius 3 is 2.50 bits per heavy atom. The van der Waals surface area contributed by atoms with Crippen molar-refractivity contribution in [3.8, 4) is 22.8 Å². The van der Waals surface area contributed by atoms with Crippen molar-refractivity contribution in [2.45, 2.75) is 12.5 Å². The number of carbonyl (C=O) groups excluding carboxylic acids is 1. The van der Waals surface area contributed by atoms with Crippen LogP contribution in [0.25, 0.3) is 22.2 Å². The first-order valence-corrected chi connectivity index (χ1v) is 13.7. The lowest BCUT2D eigenvalue weighted by Crippen LogP contribution is -2.66. The third-order valence-corrected chi connectivity index (χ3v) is 8.50. The lowest BCUT2D eigenvalue weighted by Gasteiger charge is -2.55. The van der Waals surface area contributed by atoms with Crippen LogP contribution in [0.15, 0.2) is 31.0 Å². The van der Waals surface area contributed by atoms with Gasteiger partial charge < -0.3 is 29.2 Å². The Morgan fingerprint density at radius 1 is 1.15 bits per heavy atom. The summed E-state index contributed by atoms with van der Waals surface area (Å²) in [6.07, 6.45) is 3.45. The number of pyridine rings is 1. The zero-order valence-corrected chi connectivity index (χ0v) is 23.7. The zero-order valence-electron chi connectivity index (χ0n) is 22.2. The van der Waals surface area contributed by atoms with E-state index in [0.717, 1.165) is 31.7 Å². The third kappa shape index (κ3) is 4.72. The summed E-state index contributed by atoms with van der Waals surface area (Å²) in [5.74, 6) is 1.98. The molecule has 0 amide bonds. The average molecular weight is 586 g/mol. The standard InChI is InChI=1S/C28H29Cl2N5O5/c1-4-17(36)5-16-9-39-10-19(16)33-27-31-8-15-6-18(22-23(29)20(37-2)7-21(38-3)24(22)30)32-26(25(15)34-27)35-11-28(12-35)13-40-14-28/h4,6-8,16,19H,1,5,9-14H2,2-3H3,(H,31,33,34)/t16-,19+/m0/s1. The molecule has 2 aromatic heterocycles. The molecule has 0 radical (unpaired) electrons. The molecule has 10 nitrogen and oxygen atoms in total. The monoisotopic (exact) mass is 585 g/mol. The highest BCUT2D eigenvalue weighted by atomic mass is 35.5. The Kier molecular flexibility index (Phi) is 7.20. The van der Waals surface area contributed by atoms with Gasteiger partial charge in [-0.25, -0.2) is 15.0 Å². The number of benzene rings is 1. The van der Waals surface area contributed by atoms with E-state index >= 15 is 0 Å². The smallest absolute Gasteiger partial charge is 0.223 e. The van der Waals surface area contributed by atoms with Gasteiger partial charge in [-0.2, -0.15) is 0 Å². The molecule has 3 aliphatic rings. The van der Waals surface area contributed by atoms with Crippen molar-refractivity contribution >= 4 is 51.7 Å². The van der Waals surface area contributed by atoms with Crippen molar-refractivity contribution < 1.29 is 23.7 Å². The number of halogens is 2. The van der Waals surface area contributed by atoms with Gasteiger partial charge in [-0.3, -0.25) is 4.79 Å². The van der Waals surface area contributed by atoms with Gasteiger partial charge in [-0.1, -0.05) is 29.8 Å². The number of ketones is 1. The average Bonchev–Trinajstić information content (AvgIpc) is 3.33. The number of hydrogen-bond donors (Lipinski definition) is 1. The number of methoxy groups -OCH3 is 2. The number of allylic oxidation sites excluding steroid dienone is 1. The minimum absolute atomic E-state index is 0.00551. The Morgan fingerprint density at radius 2 is 1.88 bits per heavy atom. The Labute approximate surface area is 241 Å². The van der Waals surface area contributed by atoms with E-state index in [2.05, 4.69) is 21.8 Å². The predicted octanol–water partition coefficient (Wildman–Crippen LogP) is 4.42. The second-order valence-corrected chi connectivity index (χ2v) is 11.3. The van der Waals surface area contributed by atoms with Crippen LogP contribution in [0.2, 0.25) is 10.0 Å². The molecule has 3 aliphatic heterocycles. The Bertz CT molecular complexity index is 1460. The molecule has 3 aromatic rings. The van der Waals surface area contributed by atoms with Crippen molar-refractivity contribution in [3.05, 3.63) is 41.0 Å². The van der Waals surface area contributed by atoms with E-state index in [1.54, 1.807) is 12.3 Å². The van der Waals surface area contributed by atoms with Crippen molar-refractivity contribution in [1.29, 1.82) is 0 Å². The van der Waals surface area contributed by atoms with Crippen molar-refractivity contribution in [2.24, 2.45) is 11.3 Å². The molecule has 0 aliphatic carbocycles. The number of carbonyl (C=O) groups is 1. The molecule has 12 heteroatoms. The molecule has 40 heavy (non-hydrogen) atoms. The first-order chi connectivity index (χ1) is 19.3. The molecule has 5 heterocycles. The summed E-state index contributed by atoms with van der Waals surface area (Å²) in [6.45, 7) is 7.61. The van der Waals surface area contributed by atoms with Crippen LogP contribution in [0.1, 0.15) is 6.42 Å². The second-order valence-electron chi connectivity index (χ2n) is 10.5. The molecule has 210 valence electrons. The summed E-state index contributed by atoms with van der Waals surface area (Å²) in [7, 11) is 3.07. The topological polar surface area (TPSA) is 108 Å². The highest BCUT2D eigenvalue weighted by molar-refractivity contribution is 6.41. The van der Waals surface area contributed by atoms with Gasteiger partial charge in [0.25, 0.3) is 0 Å². The number of ether oxygens (including phenoxy) is 4. The van der Waals surface area contributed by atoms with Crippen LogP contribution in [0.3, 0.4) is 0 Å². The van der Waals surface area contributed by atoms with E-state index in [1.165, 1.54) is 20.3 Å². The molecule has 6 rings (SSSR count). The molecule has 3 fully saturated rings. The van der Waals surface area contributed by atoms with Crippen molar-refractivity contribution in [1.82, 2.24) is 15.0 Å². The van der Waals surface area contributed by atoms with Crippen LogP contribution in [0.4, 0.5) is 11.8 Å². The lowest BCUT2D eigenvalue weighted by molar-refractivity contribution is -0.127. The fraction of sp³-hybridized carbons (Fsp3) is 0.429. The van der Waals surface area contributed by atoms with Crippen LogP contribution in [0.5, 0.6) is 11.5 Å². The molecular weight excluding hydrogens is 557 g/mol. The maximum atomic E-state index is 12.0. The summed E-state index contributed by atoms with van der Waals surface area (Å²) in [6, 6.07) is 3.41. The number of fused-ring (bicyclic) bond motifs is 1. The van der Waals surface area contributed by atoms with E-state index < -0.39 is 0 Å². The second kappa shape index (κ2) is 10.7. The van der Waals surface area contributed by atoms with Crippen LogP contribution in [-0.4, -0.2) is 80.5 Å². The normalized spacial score (nSPS) is 21.1. The molecular formula is C28H29Cl2N5O5. The fourth-order valence-corrected chi connectivity index (χ4v) is 6.20. The number of aromatic nitrogens is 3. The predicted molar refractivity (Wildman–Crippen MR) is 153 cm³/mol. The van der Waals surface area contributed by atoms with E-state index in [0.29, 0.717) is 69.7 Å². The highest BCUT2D eigenvalue weighted by Crippen LogP contribution is 2.47.